The number of nitrogens with zero attached hydrogens (tertiary/aromatic N) is 3. The summed E-state index contributed by atoms with van der Waals surface area (Å²) in [6.45, 7) is 3.83. The van der Waals surface area contributed by atoms with Gasteiger partial charge in [-0.05, 0) is 37.3 Å². The van der Waals surface area contributed by atoms with Crippen molar-refractivity contribution >= 4 is 23.1 Å². The second-order valence-corrected chi connectivity index (χ2v) is 5.90. The Morgan fingerprint density at radius 2 is 2.19 bits per heavy atom. The van der Waals surface area contributed by atoms with Gasteiger partial charge in [0.1, 0.15) is 5.84 Å². The molecule has 0 bridgehead atoms. The van der Waals surface area contributed by atoms with Gasteiger partial charge in [0.25, 0.3) is 0 Å². The third-order valence-electron chi connectivity index (χ3n) is 4.14. The number of aliphatic imine (C=N–C) groups is 1. The van der Waals surface area contributed by atoms with Crippen molar-refractivity contribution in [2.45, 2.75) is 12.6 Å². The van der Waals surface area contributed by atoms with Crippen LogP contribution in [0.2, 0.25) is 5.02 Å². The summed E-state index contributed by atoms with van der Waals surface area (Å²) in [5.74, 6) is 1.02. The van der Waals surface area contributed by atoms with Crippen LogP contribution in [0, 0.1) is 0 Å². The number of pyridine rings is 1. The van der Waals surface area contributed by atoms with Crippen LogP contribution in [0.5, 0.6) is 0 Å². The normalized spacial score (nSPS) is 23.1. The van der Waals surface area contributed by atoms with Gasteiger partial charge in [0.15, 0.2) is 5.66 Å². The summed E-state index contributed by atoms with van der Waals surface area (Å²) < 4.78 is 0. The smallest absolute Gasteiger partial charge is 0.152 e. The van der Waals surface area contributed by atoms with Crippen molar-refractivity contribution in [3.8, 4) is 0 Å². The number of nitrogens with one attached hydrogen (secondary N) is 1. The van der Waals surface area contributed by atoms with E-state index in [1.165, 1.54) is 0 Å². The fourth-order valence-corrected chi connectivity index (χ4v) is 3.28. The molecule has 0 spiro atoms. The van der Waals surface area contributed by atoms with Crippen LogP contribution in [0.15, 0.2) is 47.6 Å². The Morgan fingerprint density at radius 3 is 3.00 bits per heavy atom. The highest BCUT2D eigenvalue weighted by molar-refractivity contribution is 6.31. The highest BCUT2D eigenvalue weighted by atomic mass is 35.5. The molecule has 5 heteroatoms. The Labute approximate surface area is 128 Å². The van der Waals surface area contributed by atoms with Crippen molar-refractivity contribution in [2.75, 3.05) is 18.4 Å². The minimum Gasteiger partial charge on any atom is -0.357 e. The largest absolute Gasteiger partial charge is 0.357 e. The maximum Gasteiger partial charge on any atom is 0.152 e. The van der Waals surface area contributed by atoms with Crippen LogP contribution in [-0.2, 0) is 5.66 Å². The number of anilines is 1. The standard InChI is InChI=1S/C16H15ClN4/c1-16(14-4-2-3-7-18-14)20-13-10-11(17)5-6-12(13)15-19-8-9-21(15)16/h2-7,10,20H,8-9H2,1H3. The fraction of sp³-hybridized carbons (Fsp3) is 0.250. The Bertz CT molecular complexity index is 728. The predicted octanol–water partition coefficient (Wildman–Crippen LogP) is 3.10. The molecule has 0 radical (unpaired) electrons. The molecule has 1 N–H and O–H groups in total. The van der Waals surface area contributed by atoms with E-state index >= 15 is 0 Å². The van der Waals surface area contributed by atoms with Crippen molar-refractivity contribution in [1.29, 1.82) is 0 Å². The molecule has 3 heterocycles. The van der Waals surface area contributed by atoms with Gasteiger partial charge in [-0.25, -0.2) is 0 Å². The van der Waals surface area contributed by atoms with Gasteiger partial charge in [0.05, 0.1) is 12.2 Å². The van der Waals surface area contributed by atoms with Gasteiger partial charge in [-0.1, -0.05) is 17.7 Å². The van der Waals surface area contributed by atoms with Crippen molar-refractivity contribution < 1.29 is 0 Å². The van der Waals surface area contributed by atoms with Gasteiger partial charge >= 0.3 is 0 Å². The van der Waals surface area contributed by atoms with Gasteiger partial charge in [-0.2, -0.15) is 0 Å². The zero-order chi connectivity index (χ0) is 14.4. The monoisotopic (exact) mass is 298 g/mol. The number of benzene rings is 1. The summed E-state index contributed by atoms with van der Waals surface area (Å²) in [6.07, 6.45) is 1.82. The second-order valence-electron chi connectivity index (χ2n) is 5.46. The van der Waals surface area contributed by atoms with E-state index in [4.69, 9.17) is 11.6 Å². The number of amidine groups is 1. The Morgan fingerprint density at radius 1 is 1.29 bits per heavy atom. The molecule has 1 atom stereocenters. The lowest BCUT2D eigenvalue weighted by atomic mass is 9.97. The summed E-state index contributed by atoms with van der Waals surface area (Å²) in [5.41, 5.74) is 2.68. The minimum absolute atomic E-state index is 0.408. The summed E-state index contributed by atoms with van der Waals surface area (Å²) in [4.78, 5) is 11.5. The van der Waals surface area contributed by atoms with Crippen molar-refractivity contribution in [1.82, 2.24) is 9.88 Å². The van der Waals surface area contributed by atoms with E-state index in [9.17, 15) is 0 Å². The topological polar surface area (TPSA) is 40.5 Å². The van der Waals surface area contributed by atoms with Crippen LogP contribution >= 0.6 is 11.6 Å². The third-order valence-corrected chi connectivity index (χ3v) is 4.38. The van der Waals surface area contributed by atoms with E-state index in [2.05, 4.69) is 27.1 Å². The molecule has 1 aromatic heterocycles. The van der Waals surface area contributed by atoms with Gasteiger partial charge in [0, 0.05) is 29.0 Å². The molecule has 0 aliphatic carbocycles. The maximum atomic E-state index is 6.15. The molecule has 1 unspecified atom stereocenters. The fourth-order valence-electron chi connectivity index (χ4n) is 3.11. The van der Waals surface area contributed by atoms with E-state index in [1.807, 2.05) is 42.6 Å². The van der Waals surface area contributed by atoms with Crippen LogP contribution in [0.4, 0.5) is 5.69 Å². The summed E-state index contributed by atoms with van der Waals surface area (Å²) in [6, 6.07) is 11.9. The quantitative estimate of drug-likeness (QED) is 0.879. The summed E-state index contributed by atoms with van der Waals surface area (Å²) in [7, 11) is 0. The van der Waals surface area contributed by atoms with Gasteiger partial charge in [-0.15, -0.1) is 0 Å². The number of aromatic nitrogens is 1. The molecule has 2 aromatic rings. The molecule has 21 heavy (non-hydrogen) atoms. The maximum absolute atomic E-state index is 6.15. The molecule has 0 fully saturated rings. The van der Waals surface area contributed by atoms with Gasteiger partial charge in [-0.3, -0.25) is 9.98 Å². The van der Waals surface area contributed by atoms with E-state index in [0.717, 1.165) is 40.9 Å². The predicted molar refractivity (Wildman–Crippen MR) is 84.8 cm³/mol. The lowest BCUT2D eigenvalue weighted by Gasteiger charge is -2.45. The Balaban J connectivity index is 1.90. The first kappa shape index (κ1) is 12.7. The molecule has 0 saturated carbocycles. The first-order valence-electron chi connectivity index (χ1n) is 7.00. The lowest BCUT2D eigenvalue weighted by Crippen LogP contribution is -2.55. The highest BCUT2D eigenvalue weighted by Crippen LogP contribution is 2.39. The molecule has 0 amide bonds. The zero-order valence-electron chi connectivity index (χ0n) is 11.7. The molecular formula is C16H15ClN4. The molecule has 4 nitrogen and oxygen atoms in total. The molecule has 1 aromatic carbocycles. The number of halogens is 1. The van der Waals surface area contributed by atoms with E-state index in [1.54, 1.807) is 0 Å². The van der Waals surface area contributed by atoms with Crippen molar-refractivity contribution in [2.24, 2.45) is 4.99 Å². The molecule has 106 valence electrons. The lowest BCUT2D eigenvalue weighted by molar-refractivity contribution is 0.236. The van der Waals surface area contributed by atoms with Crippen LogP contribution in [0.1, 0.15) is 18.2 Å². The minimum atomic E-state index is -0.408. The van der Waals surface area contributed by atoms with Crippen LogP contribution in [-0.4, -0.2) is 28.8 Å². The van der Waals surface area contributed by atoms with Crippen LogP contribution in [0.3, 0.4) is 0 Å². The first-order chi connectivity index (χ1) is 10.2. The number of hydrogen-bond donors (Lipinski definition) is 1. The van der Waals surface area contributed by atoms with Gasteiger partial charge in [0.2, 0.25) is 0 Å². The van der Waals surface area contributed by atoms with E-state index in [-0.39, 0.29) is 0 Å². The SMILES string of the molecule is CC1(c2ccccn2)Nc2cc(Cl)ccc2C2=NCCN21. The number of fused-ring (bicyclic) bond motifs is 3. The highest BCUT2D eigenvalue weighted by Gasteiger charge is 2.43. The molecular weight excluding hydrogens is 284 g/mol. The molecule has 2 aliphatic heterocycles. The third kappa shape index (κ3) is 1.83. The van der Waals surface area contributed by atoms with Crippen LogP contribution < -0.4 is 5.32 Å². The number of hydrogen-bond acceptors (Lipinski definition) is 4. The second kappa shape index (κ2) is 4.46. The molecule has 4 rings (SSSR count). The number of rotatable bonds is 1. The molecule has 2 aliphatic rings. The summed E-state index contributed by atoms with van der Waals surface area (Å²) >= 11 is 6.15. The Kier molecular flexibility index (Phi) is 2.69. The van der Waals surface area contributed by atoms with Crippen molar-refractivity contribution in [3.63, 3.8) is 0 Å². The van der Waals surface area contributed by atoms with Crippen LogP contribution in [0.25, 0.3) is 0 Å². The zero-order valence-corrected chi connectivity index (χ0v) is 12.4. The van der Waals surface area contributed by atoms with Crippen molar-refractivity contribution in [3.05, 3.63) is 58.9 Å². The Hall–Kier alpha value is -2.07. The molecule has 0 saturated heterocycles. The average Bonchev–Trinajstić information content (AvgIpc) is 2.98. The van der Waals surface area contributed by atoms with E-state index in [0.29, 0.717) is 0 Å². The van der Waals surface area contributed by atoms with E-state index < -0.39 is 5.66 Å². The first-order valence-corrected chi connectivity index (χ1v) is 7.38. The summed E-state index contributed by atoms with van der Waals surface area (Å²) in [5, 5.41) is 4.32. The van der Waals surface area contributed by atoms with Gasteiger partial charge < -0.3 is 10.2 Å². The average molecular weight is 299 g/mol.